The van der Waals surface area contributed by atoms with Gasteiger partial charge in [-0.2, -0.15) is 15.1 Å². The van der Waals surface area contributed by atoms with Crippen LogP contribution in [0, 0.1) is 6.92 Å². The average molecular weight is 378 g/mol. The summed E-state index contributed by atoms with van der Waals surface area (Å²) >= 11 is 6.11. The molecule has 27 heavy (non-hydrogen) atoms. The molecule has 0 aliphatic heterocycles. The zero-order chi connectivity index (χ0) is 18.6. The number of nitrogens with zero attached hydrogens (tertiary/aromatic N) is 6. The fourth-order valence-corrected chi connectivity index (χ4v) is 2.88. The minimum atomic E-state index is 0.132. The molecule has 0 saturated carbocycles. The van der Waals surface area contributed by atoms with Gasteiger partial charge in [-0.25, -0.2) is 4.98 Å². The second-order valence-electron chi connectivity index (χ2n) is 6.03. The lowest BCUT2D eigenvalue weighted by Crippen LogP contribution is -2.02. The van der Waals surface area contributed by atoms with Crippen molar-refractivity contribution >= 4 is 34.8 Å². The minimum absolute atomic E-state index is 0.132. The molecule has 0 amide bonds. The molecule has 3 aromatic heterocycles. The Kier molecular flexibility index (Phi) is 4.76. The molecule has 0 fully saturated rings. The second-order valence-corrected chi connectivity index (χ2v) is 6.36. The molecule has 134 valence electrons. The van der Waals surface area contributed by atoms with Crippen molar-refractivity contribution in [2.75, 3.05) is 5.43 Å². The summed E-state index contributed by atoms with van der Waals surface area (Å²) in [6.07, 6.45) is 6.95. The van der Waals surface area contributed by atoms with E-state index in [0.717, 1.165) is 11.1 Å². The average Bonchev–Trinajstić information content (AvgIpc) is 3.05. The molecule has 3 heterocycles. The van der Waals surface area contributed by atoms with Gasteiger partial charge in [0, 0.05) is 12.4 Å². The molecule has 0 bridgehead atoms. The highest BCUT2D eigenvalue weighted by molar-refractivity contribution is 6.28. The first-order valence-corrected chi connectivity index (χ1v) is 8.70. The maximum Gasteiger partial charge on any atom is 0.226 e. The smallest absolute Gasteiger partial charge is 0.226 e. The van der Waals surface area contributed by atoms with Gasteiger partial charge in [-0.15, -0.1) is 0 Å². The van der Waals surface area contributed by atoms with Crippen LogP contribution >= 0.6 is 11.6 Å². The van der Waals surface area contributed by atoms with Crippen molar-refractivity contribution in [3.05, 3.63) is 77.1 Å². The van der Waals surface area contributed by atoms with Crippen LogP contribution in [0.25, 0.3) is 11.2 Å². The van der Waals surface area contributed by atoms with E-state index in [9.17, 15) is 0 Å². The number of nitrogens with one attached hydrogen (secondary N) is 1. The van der Waals surface area contributed by atoms with Gasteiger partial charge in [0.2, 0.25) is 5.28 Å². The number of aryl methyl sites for hydroxylation is 1. The lowest BCUT2D eigenvalue weighted by molar-refractivity contribution is 0.811. The number of halogens is 1. The summed E-state index contributed by atoms with van der Waals surface area (Å²) in [5, 5.41) is 4.39. The predicted molar refractivity (Wildman–Crippen MR) is 106 cm³/mol. The molecule has 0 aliphatic carbocycles. The molecule has 0 unspecified atom stereocenters. The van der Waals surface area contributed by atoms with Crippen LogP contribution < -0.4 is 5.43 Å². The zero-order valence-electron chi connectivity index (χ0n) is 14.5. The van der Waals surface area contributed by atoms with Gasteiger partial charge in [0.15, 0.2) is 17.0 Å². The number of benzene rings is 1. The van der Waals surface area contributed by atoms with Gasteiger partial charge in [0.1, 0.15) is 0 Å². The summed E-state index contributed by atoms with van der Waals surface area (Å²) in [6.45, 7) is 2.65. The molecule has 0 aliphatic rings. The van der Waals surface area contributed by atoms with E-state index in [-0.39, 0.29) is 5.28 Å². The van der Waals surface area contributed by atoms with Crippen molar-refractivity contribution in [3.8, 4) is 0 Å². The summed E-state index contributed by atoms with van der Waals surface area (Å²) < 4.78 is 1.91. The topological polar surface area (TPSA) is 80.9 Å². The highest BCUT2D eigenvalue weighted by Gasteiger charge is 2.12. The van der Waals surface area contributed by atoms with Crippen molar-refractivity contribution in [1.82, 2.24) is 24.5 Å². The molecule has 0 radical (unpaired) electrons. The number of rotatable bonds is 5. The normalized spacial score (nSPS) is 11.3. The Morgan fingerprint density at radius 3 is 2.85 bits per heavy atom. The number of anilines is 1. The van der Waals surface area contributed by atoms with Crippen molar-refractivity contribution in [2.24, 2.45) is 5.10 Å². The number of pyridine rings is 1. The maximum atomic E-state index is 6.11. The van der Waals surface area contributed by atoms with Crippen LogP contribution in [0.15, 0.2) is 60.2 Å². The summed E-state index contributed by atoms with van der Waals surface area (Å²) in [6, 6.07) is 11.9. The number of aromatic nitrogens is 5. The first-order valence-electron chi connectivity index (χ1n) is 8.32. The van der Waals surface area contributed by atoms with Gasteiger partial charge in [0.05, 0.1) is 19.1 Å². The van der Waals surface area contributed by atoms with Crippen LogP contribution in [0.4, 0.5) is 5.82 Å². The molecule has 1 aromatic carbocycles. The monoisotopic (exact) mass is 377 g/mol. The van der Waals surface area contributed by atoms with E-state index >= 15 is 0 Å². The number of hydrogen-bond donors (Lipinski definition) is 1. The zero-order valence-corrected chi connectivity index (χ0v) is 15.3. The Labute approximate surface area is 160 Å². The van der Waals surface area contributed by atoms with Gasteiger partial charge < -0.3 is 4.57 Å². The summed E-state index contributed by atoms with van der Waals surface area (Å²) in [4.78, 5) is 17.0. The Balaban J connectivity index is 1.61. The van der Waals surface area contributed by atoms with Crippen LogP contribution in [0.5, 0.6) is 0 Å². The first kappa shape index (κ1) is 17.1. The van der Waals surface area contributed by atoms with Crippen LogP contribution in [0.2, 0.25) is 5.28 Å². The van der Waals surface area contributed by atoms with Gasteiger partial charge in [-0.3, -0.25) is 10.4 Å². The van der Waals surface area contributed by atoms with E-state index in [1.165, 1.54) is 5.56 Å². The highest BCUT2D eigenvalue weighted by atomic mass is 35.5. The van der Waals surface area contributed by atoms with E-state index in [1.807, 2.05) is 47.9 Å². The second kappa shape index (κ2) is 7.51. The molecule has 0 spiro atoms. The summed E-state index contributed by atoms with van der Waals surface area (Å²) in [5.74, 6) is 0.461. The number of fused-ring (bicyclic) bond motifs is 1. The van der Waals surface area contributed by atoms with Gasteiger partial charge in [0.25, 0.3) is 0 Å². The standard InChI is InChI=1S/C19H16ClN7/c1-13-3-2-4-15(9-13)10-23-26-17-16-18(25-19(20)24-17)27(12-22-16)11-14-5-7-21-8-6-14/h2-10,12H,11H2,1H3,(H,24,25,26)/b23-10+. The van der Waals surface area contributed by atoms with Gasteiger partial charge >= 0.3 is 0 Å². The van der Waals surface area contributed by atoms with E-state index in [1.54, 1.807) is 24.9 Å². The summed E-state index contributed by atoms with van der Waals surface area (Å²) in [5.41, 5.74) is 7.41. The maximum absolute atomic E-state index is 6.11. The third-order valence-electron chi connectivity index (χ3n) is 3.97. The number of hydrazone groups is 1. The van der Waals surface area contributed by atoms with Gasteiger partial charge in [-0.05, 0) is 41.8 Å². The Morgan fingerprint density at radius 1 is 1.19 bits per heavy atom. The lowest BCUT2D eigenvalue weighted by Gasteiger charge is -2.05. The van der Waals surface area contributed by atoms with Crippen molar-refractivity contribution in [2.45, 2.75) is 13.5 Å². The fourth-order valence-electron chi connectivity index (χ4n) is 2.71. The third-order valence-corrected chi connectivity index (χ3v) is 4.13. The van der Waals surface area contributed by atoms with Crippen molar-refractivity contribution in [1.29, 1.82) is 0 Å². The molecule has 0 atom stereocenters. The largest absolute Gasteiger partial charge is 0.311 e. The molecule has 8 heteroatoms. The number of hydrogen-bond acceptors (Lipinski definition) is 6. The predicted octanol–water partition coefficient (Wildman–Crippen LogP) is 3.68. The highest BCUT2D eigenvalue weighted by Crippen LogP contribution is 2.21. The fraction of sp³-hybridized carbons (Fsp3) is 0.105. The minimum Gasteiger partial charge on any atom is -0.311 e. The Bertz CT molecular complexity index is 1110. The van der Waals surface area contributed by atoms with Crippen LogP contribution in [0.1, 0.15) is 16.7 Å². The van der Waals surface area contributed by atoms with Gasteiger partial charge in [-0.1, -0.05) is 29.8 Å². The molecule has 1 N–H and O–H groups in total. The molecule has 4 rings (SSSR count). The molecule has 0 saturated heterocycles. The molecular formula is C19H16ClN7. The van der Waals surface area contributed by atoms with E-state index in [2.05, 4.69) is 30.5 Å². The van der Waals surface area contributed by atoms with E-state index in [4.69, 9.17) is 11.6 Å². The lowest BCUT2D eigenvalue weighted by atomic mass is 10.2. The third kappa shape index (κ3) is 3.93. The van der Waals surface area contributed by atoms with Crippen LogP contribution in [-0.4, -0.2) is 30.7 Å². The molecule has 7 nitrogen and oxygen atoms in total. The van der Waals surface area contributed by atoms with Crippen LogP contribution in [0.3, 0.4) is 0 Å². The quantitative estimate of drug-likeness (QED) is 0.326. The molecular weight excluding hydrogens is 362 g/mol. The summed E-state index contributed by atoms with van der Waals surface area (Å²) in [7, 11) is 0. The van der Waals surface area contributed by atoms with Crippen LogP contribution in [-0.2, 0) is 6.54 Å². The van der Waals surface area contributed by atoms with E-state index < -0.39 is 0 Å². The van der Waals surface area contributed by atoms with E-state index in [0.29, 0.717) is 23.5 Å². The van der Waals surface area contributed by atoms with Crippen molar-refractivity contribution in [3.63, 3.8) is 0 Å². The molecule has 4 aromatic rings. The first-order chi connectivity index (χ1) is 13.2. The number of imidazole rings is 1. The SMILES string of the molecule is Cc1cccc(/C=N/Nc2nc(Cl)nc3c2ncn3Cc2ccncc2)c1. The Hall–Kier alpha value is -3.32. The van der Waals surface area contributed by atoms with Crippen molar-refractivity contribution < 1.29 is 0 Å². The Morgan fingerprint density at radius 2 is 2.04 bits per heavy atom.